The number of hydrogen-bond acceptors (Lipinski definition) is 5. The molecule has 0 fully saturated rings. The average Bonchev–Trinajstić information content (AvgIpc) is 2.68. The lowest BCUT2D eigenvalue weighted by atomic mass is 10.2. The topological polar surface area (TPSA) is 93.2 Å². The van der Waals surface area contributed by atoms with E-state index in [0.717, 1.165) is 6.07 Å². The van der Waals surface area contributed by atoms with E-state index in [-0.39, 0.29) is 16.3 Å². The molecule has 0 bridgehead atoms. The standard InChI is InChI=1S/C20H18F2N2O4S2/c1-14-5-6-18(29(25,26)19-11-15(21)10-16(22)12-19)13-20(14)30(27,28)24-9-7-17-4-2-3-8-23-17/h2-6,8,10-13,24H,7,9H2,1H3. The van der Waals surface area contributed by atoms with Crippen LogP contribution in [0.1, 0.15) is 11.3 Å². The lowest BCUT2D eigenvalue weighted by Gasteiger charge is -2.12. The molecule has 1 N–H and O–H groups in total. The number of sulfone groups is 1. The smallest absolute Gasteiger partial charge is 0.240 e. The van der Waals surface area contributed by atoms with Crippen molar-refractivity contribution >= 4 is 19.9 Å². The molecule has 1 heterocycles. The summed E-state index contributed by atoms with van der Waals surface area (Å²) in [4.78, 5) is 2.89. The van der Waals surface area contributed by atoms with Crippen LogP contribution in [0.4, 0.5) is 8.78 Å². The first-order valence-corrected chi connectivity index (χ1v) is 11.8. The summed E-state index contributed by atoms with van der Waals surface area (Å²) in [7, 11) is -8.36. The van der Waals surface area contributed by atoms with E-state index in [1.54, 1.807) is 24.4 Å². The number of nitrogens with one attached hydrogen (secondary N) is 1. The van der Waals surface area contributed by atoms with Gasteiger partial charge in [0.2, 0.25) is 19.9 Å². The van der Waals surface area contributed by atoms with Crippen molar-refractivity contribution in [2.75, 3.05) is 6.54 Å². The summed E-state index contributed by atoms with van der Waals surface area (Å²) in [5, 5.41) is 0. The quantitative estimate of drug-likeness (QED) is 0.595. The highest BCUT2D eigenvalue weighted by Crippen LogP contribution is 2.26. The van der Waals surface area contributed by atoms with Crippen LogP contribution < -0.4 is 4.72 Å². The molecule has 3 aromatic rings. The van der Waals surface area contributed by atoms with Gasteiger partial charge in [-0.1, -0.05) is 12.1 Å². The van der Waals surface area contributed by atoms with E-state index in [1.165, 1.54) is 19.1 Å². The first-order chi connectivity index (χ1) is 14.1. The van der Waals surface area contributed by atoms with Crippen molar-refractivity contribution in [2.45, 2.75) is 28.0 Å². The fraction of sp³-hybridized carbons (Fsp3) is 0.150. The van der Waals surface area contributed by atoms with Crippen LogP contribution in [0, 0.1) is 18.6 Å². The Labute approximate surface area is 173 Å². The van der Waals surface area contributed by atoms with Gasteiger partial charge in [-0.05, 0) is 48.9 Å². The summed E-state index contributed by atoms with van der Waals surface area (Å²) in [6, 6.07) is 10.7. The van der Waals surface area contributed by atoms with Gasteiger partial charge in [0.15, 0.2) is 0 Å². The zero-order chi connectivity index (χ0) is 21.9. The van der Waals surface area contributed by atoms with Crippen molar-refractivity contribution in [3.05, 3.63) is 83.7 Å². The highest BCUT2D eigenvalue weighted by Gasteiger charge is 2.24. The second-order valence-electron chi connectivity index (χ2n) is 6.50. The third-order valence-corrected chi connectivity index (χ3v) is 7.64. The number of aryl methyl sites for hydroxylation is 1. The van der Waals surface area contributed by atoms with E-state index in [4.69, 9.17) is 0 Å². The molecule has 10 heteroatoms. The molecule has 0 saturated carbocycles. The number of sulfonamides is 1. The maximum absolute atomic E-state index is 13.5. The van der Waals surface area contributed by atoms with Crippen LogP contribution in [0.2, 0.25) is 0 Å². The molecule has 30 heavy (non-hydrogen) atoms. The Balaban J connectivity index is 1.90. The van der Waals surface area contributed by atoms with Crippen molar-refractivity contribution in [3.63, 3.8) is 0 Å². The number of aromatic nitrogens is 1. The molecule has 0 radical (unpaired) electrons. The van der Waals surface area contributed by atoms with Crippen LogP contribution in [0.15, 0.2) is 75.5 Å². The third kappa shape index (κ3) is 4.89. The van der Waals surface area contributed by atoms with Gasteiger partial charge in [0.1, 0.15) is 11.6 Å². The molecule has 6 nitrogen and oxygen atoms in total. The maximum Gasteiger partial charge on any atom is 0.240 e. The Bertz CT molecular complexity index is 1260. The van der Waals surface area contributed by atoms with Gasteiger partial charge in [-0.25, -0.2) is 30.3 Å². The minimum Gasteiger partial charge on any atom is -0.261 e. The fourth-order valence-electron chi connectivity index (χ4n) is 2.79. The molecular weight excluding hydrogens is 434 g/mol. The van der Waals surface area contributed by atoms with E-state index in [1.807, 2.05) is 0 Å². The number of halogens is 2. The van der Waals surface area contributed by atoms with E-state index < -0.39 is 36.4 Å². The number of hydrogen-bond donors (Lipinski definition) is 1. The summed E-state index contributed by atoms with van der Waals surface area (Å²) in [6.07, 6.45) is 1.94. The van der Waals surface area contributed by atoms with Crippen molar-refractivity contribution in [3.8, 4) is 0 Å². The molecule has 2 aromatic carbocycles. The van der Waals surface area contributed by atoms with Gasteiger partial charge in [0.25, 0.3) is 0 Å². The molecule has 1 aromatic heterocycles. The van der Waals surface area contributed by atoms with Crippen LogP contribution in [0.3, 0.4) is 0 Å². The summed E-state index contributed by atoms with van der Waals surface area (Å²) < 4.78 is 80.3. The molecule has 3 rings (SSSR count). The number of rotatable bonds is 7. The minimum absolute atomic E-state index is 0.0604. The molecule has 0 aliphatic carbocycles. The SMILES string of the molecule is Cc1ccc(S(=O)(=O)c2cc(F)cc(F)c2)cc1S(=O)(=O)NCCc1ccccn1. The number of pyridine rings is 1. The number of nitrogens with zero attached hydrogens (tertiary/aromatic N) is 1. The third-order valence-electron chi connectivity index (χ3n) is 4.31. The van der Waals surface area contributed by atoms with Crippen molar-refractivity contribution in [1.82, 2.24) is 9.71 Å². The van der Waals surface area contributed by atoms with E-state index >= 15 is 0 Å². The van der Waals surface area contributed by atoms with Gasteiger partial charge in [0, 0.05) is 30.9 Å². The molecular formula is C20H18F2N2O4S2. The summed E-state index contributed by atoms with van der Waals surface area (Å²) >= 11 is 0. The summed E-state index contributed by atoms with van der Waals surface area (Å²) in [6.45, 7) is 1.58. The Morgan fingerprint density at radius 3 is 2.23 bits per heavy atom. The zero-order valence-electron chi connectivity index (χ0n) is 15.8. The van der Waals surface area contributed by atoms with Crippen LogP contribution in [0.25, 0.3) is 0 Å². The normalized spacial score (nSPS) is 12.1. The zero-order valence-corrected chi connectivity index (χ0v) is 17.5. The Kier molecular flexibility index (Phi) is 6.30. The highest BCUT2D eigenvalue weighted by atomic mass is 32.2. The summed E-state index contributed by atoms with van der Waals surface area (Å²) in [5.74, 6) is -2.10. The molecule has 0 unspecified atom stereocenters. The van der Waals surface area contributed by atoms with Gasteiger partial charge in [-0.2, -0.15) is 0 Å². The average molecular weight is 453 g/mol. The Hall–Kier alpha value is -2.69. The van der Waals surface area contributed by atoms with E-state index in [9.17, 15) is 25.6 Å². The molecule has 0 amide bonds. The fourth-order valence-corrected chi connectivity index (χ4v) is 5.50. The first-order valence-electron chi connectivity index (χ1n) is 8.81. The Morgan fingerprint density at radius 1 is 0.900 bits per heavy atom. The first kappa shape index (κ1) is 22.0. The Morgan fingerprint density at radius 2 is 1.60 bits per heavy atom. The van der Waals surface area contributed by atoms with Gasteiger partial charge < -0.3 is 0 Å². The van der Waals surface area contributed by atoms with Gasteiger partial charge in [-0.15, -0.1) is 0 Å². The molecule has 0 saturated heterocycles. The van der Waals surface area contributed by atoms with Gasteiger partial charge in [-0.3, -0.25) is 4.98 Å². The highest BCUT2D eigenvalue weighted by molar-refractivity contribution is 7.91. The molecule has 0 spiro atoms. The lowest BCUT2D eigenvalue weighted by molar-refractivity contribution is 0.566. The van der Waals surface area contributed by atoms with Crippen molar-refractivity contribution in [2.24, 2.45) is 0 Å². The van der Waals surface area contributed by atoms with Crippen LogP contribution in [-0.2, 0) is 26.3 Å². The van der Waals surface area contributed by atoms with Gasteiger partial charge >= 0.3 is 0 Å². The maximum atomic E-state index is 13.5. The van der Waals surface area contributed by atoms with Gasteiger partial charge in [0.05, 0.1) is 14.7 Å². The molecule has 158 valence electrons. The van der Waals surface area contributed by atoms with Crippen LogP contribution >= 0.6 is 0 Å². The van der Waals surface area contributed by atoms with Crippen molar-refractivity contribution in [1.29, 1.82) is 0 Å². The number of benzene rings is 2. The van der Waals surface area contributed by atoms with E-state index in [0.29, 0.717) is 35.9 Å². The molecule has 0 aliphatic heterocycles. The largest absolute Gasteiger partial charge is 0.261 e. The summed E-state index contributed by atoms with van der Waals surface area (Å²) in [5.41, 5.74) is 1.02. The van der Waals surface area contributed by atoms with E-state index in [2.05, 4.69) is 9.71 Å². The van der Waals surface area contributed by atoms with Crippen LogP contribution in [0.5, 0.6) is 0 Å². The second kappa shape index (κ2) is 8.58. The van der Waals surface area contributed by atoms with Crippen molar-refractivity contribution < 1.29 is 25.6 Å². The van der Waals surface area contributed by atoms with Crippen LogP contribution in [-0.4, -0.2) is 28.4 Å². The lowest BCUT2D eigenvalue weighted by Crippen LogP contribution is -2.27. The molecule has 0 atom stereocenters. The monoisotopic (exact) mass is 452 g/mol. The second-order valence-corrected chi connectivity index (χ2v) is 10.2. The predicted octanol–water partition coefficient (Wildman–Crippen LogP) is 3.02. The predicted molar refractivity (Wildman–Crippen MR) is 106 cm³/mol. The minimum atomic E-state index is -4.33. The molecule has 0 aliphatic rings.